The number of halogens is 3. The van der Waals surface area contributed by atoms with Crippen molar-refractivity contribution in [3.63, 3.8) is 0 Å². The Morgan fingerprint density at radius 3 is 2.44 bits per heavy atom. The lowest BCUT2D eigenvalue weighted by Crippen LogP contribution is -2.37. The van der Waals surface area contributed by atoms with Crippen LogP contribution >= 0.6 is 0 Å². The van der Waals surface area contributed by atoms with Crippen LogP contribution in [0.3, 0.4) is 0 Å². The summed E-state index contributed by atoms with van der Waals surface area (Å²) in [4.78, 5) is 13.1. The van der Waals surface area contributed by atoms with Gasteiger partial charge >= 0.3 is 13.1 Å². The van der Waals surface area contributed by atoms with Gasteiger partial charge in [-0.2, -0.15) is 0 Å². The van der Waals surface area contributed by atoms with Gasteiger partial charge < -0.3 is 22.6 Å². The molecule has 1 amide bonds. The first-order valence-corrected chi connectivity index (χ1v) is 5.96. The lowest BCUT2D eigenvalue weighted by molar-refractivity contribution is 0.0259. The normalized spacial score (nSPS) is 18.1. The molecule has 18 heavy (non-hydrogen) atoms. The summed E-state index contributed by atoms with van der Waals surface area (Å²) in [6, 6.07) is 0. The van der Waals surface area contributed by atoms with Gasteiger partial charge in [-0.15, -0.1) is 11.5 Å². The van der Waals surface area contributed by atoms with Gasteiger partial charge in [-0.25, -0.2) is 4.79 Å². The summed E-state index contributed by atoms with van der Waals surface area (Å²) in [5.74, 6) is 0. The van der Waals surface area contributed by atoms with Crippen LogP contribution in [0.25, 0.3) is 0 Å². The molecule has 3 nitrogen and oxygen atoms in total. The van der Waals surface area contributed by atoms with Crippen molar-refractivity contribution in [2.75, 3.05) is 13.1 Å². The fourth-order valence-electron chi connectivity index (χ4n) is 1.69. The van der Waals surface area contributed by atoms with E-state index < -0.39 is 24.1 Å². The van der Waals surface area contributed by atoms with Crippen molar-refractivity contribution < 1.29 is 22.5 Å². The third-order valence-electron chi connectivity index (χ3n) is 2.55. The average Bonchev–Trinajstić information content (AvgIpc) is 2.38. The highest BCUT2D eigenvalue weighted by atomic mass is 19.4. The minimum atomic E-state index is -4.94. The largest absolute Gasteiger partial charge is 0.505 e. The minimum Gasteiger partial charge on any atom is -0.445 e. The van der Waals surface area contributed by atoms with E-state index in [-0.39, 0.29) is 25.9 Å². The van der Waals surface area contributed by atoms with Gasteiger partial charge in [0.2, 0.25) is 0 Å². The van der Waals surface area contributed by atoms with Crippen LogP contribution in [0.2, 0.25) is 0 Å². The second-order valence-electron chi connectivity index (χ2n) is 5.36. The minimum absolute atomic E-state index is 0.0575. The van der Waals surface area contributed by atoms with E-state index >= 15 is 0 Å². The molecule has 0 aromatic carbocycles. The Morgan fingerprint density at radius 1 is 1.33 bits per heavy atom. The molecule has 0 aromatic heterocycles. The molecule has 0 aliphatic carbocycles. The van der Waals surface area contributed by atoms with Crippen LogP contribution in [0.4, 0.5) is 17.7 Å². The number of nitrogens with zero attached hydrogens (tertiary/aromatic N) is 1. The standard InChI is InChI=1S/C11H18BF3NO2/c1-11(2,3)18-10(17)16-7-4-5-9(6-8-16)12(13,14)15/h5H,4,6-8H2,1-3H3/q-1. The molecular formula is C11H18BF3NO2-. The highest BCUT2D eigenvalue weighted by Crippen LogP contribution is 2.26. The number of hydrogen-bond acceptors (Lipinski definition) is 2. The number of ether oxygens (including phenoxy) is 1. The van der Waals surface area contributed by atoms with Crippen LogP contribution < -0.4 is 0 Å². The van der Waals surface area contributed by atoms with Crippen molar-refractivity contribution in [2.24, 2.45) is 0 Å². The number of amides is 1. The van der Waals surface area contributed by atoms with Crippen LogP contribution in [0.15, 0.2) is 11.5 Å². The van der Waals surface area contributed by atoms with Gasteiger partial charge in [0.15, 0.2) is 0 Å². The summed E-state index contributed by atoms with van der Waals surface area (Å²) < 4.78 is 42.9. The maximum atomic E-state index is 12.6. The first kappa shape index (κ1) is 14.9. The Labute approximate surface area is 105 Å². The van der Waals surface area contributed by atoms with Crippen molar-refractivity contribution in [3.05, 3.63) is 11.5 Å². The maximum Gasteiger partial charge on any atom is 0.505 e. The summed E-state index contributed by atoms with van der Waals surface area (Å²) >= 11 is 0. The summed E-state index contributed by atoms with van der Waals surface area (Å²) in [5, 5.41) is 0. The van der Waals surface area contributed by atoms with Crippen molar-refractivity contribution in [3.8, 4) is 0 Å². The van der Waals surface area contributed by atoms with E-state index in [1.54, 1.807) is 20.8 Å². The molecular weight excluding hydrogens is 246 g/mol. The van der Waals surface area contributed by atoms with Gasteiger partial charge in [-0.1, -0.05) is 0 Å². The van der Waals surface area contributed by atoms with Gasteiger partial charge in [0.1, 0.15) is 5.60 Å². The fraction of sp³-hybridized carbons (Fsp3) is 0.727. The Balaban J connectivity index is 2.59. The molecule has 1 rings (SSSR count). The third-order valence-corrected chi connectivity index (χ3v) is 2.55. The Hall–Kier alpha value is -1.14. The molecule has 0 saturated heterocycles. The molecule has 1 aliphatic rings. The van der Waals surface area contributed by atoms with Gasteiger partial charge in [0, 0.05) is 13.1 Å². The molecule has 0 unspecified atom stereocenters. The summed E-state index contributed by atoms with van der Waals surface area (Å²) in [5.41, 5.74) is -1.13. The second kappa shape index (κ2) is 5.24. The molecule has 1 aliphatic heterocycles. The monoisotopic (exact) mass is 264 g/mol. The number of hydrogen-bond donors (Lipinski definition) is 0. The molecule has 0 aromatic rings. The zero-order valence-corrected chi connectivity index (χ0v) is 10.9. The average molecular weight is 264 g/mol. The molecule has 0 saturated carbocycles. The van der Waals surface area contributed by atoms with Crippen LogP contribution in [0.5, 0.6) is 0 Å². The second-order valence-corrected chi connectivity index (χ2v) is 5.36. The molecule has 1 heterocycles. The van der Waals surface area contributed by atoms with E-state index in [9.17, 15) is 17.7 Å². The zero-order chi connectivity index (χ0) is 14.0. The predicted molar refractivity (Wildman–Crippen MR) is 64.2 cm³/mol. The Bertz CT molecular complexity index is 347. The molecule has 0 N–H and O–H groups in total. The van der Waals surface area contributed by atoms with E-state index in [0.29, 0.717) is 0 Å². The molecule has 0 bridgehead atoms. The van der Waals surface area contributed by atoms with Crippen LogP contribution in [-0.4, -0.2) is 36.7 Å². The van der Waals surface area contributed by atoms with Gasteiger partial charge in [0.05, 0.1) is 0 Å². The third kappa shape index (κ3) is 4.62. The van der Waals surface area contributed by atoms with Gasteiger partial charge in [-0.05, 0) is 33.6 Å². The topological polar surface area (TPSA) is 29.5 Å². The van der Waals surface area contributed by atoms with E-state index in [0.717, 1.165) is 0 Å². The van der Waals surface area contributed by atoms with Crippen LogP contribution in [0.1, 0.15) is 33.6 Å². The first-order chi connectivity index (χ1) is 8.09. The van der Waals surface area contributed by atoms with Gasteiger partial charge in [0.25, 0.3) is 0 Å². The van der Waals surface area contributed by atoms with Crippen LogP contribution in [-0.2, 0) is 4.74 Å². The highest BCUT2D eigenvalue weighted by Gasteiger charge is 2.30. The van der Waals surface area contributed by atoms with E-state index in [2.05, 4.69) is 0 Å². The fourth-order valence-corrected chi connectivity index (χ4v) is 1.69. The molecule has 0 atom stereocenters. The van der Waals surface area contributed by atoms with Crippen molar-refractivity contribution >= 4 is 13.1 Å². The lowest BCUT2D eigenvalue weighted by Gasteiger charge is -2.27. The van der Waals surface area contributed by atoms with Crippen molar-refractivity contribution in [2.45, 2.75) is 39.2 Å². The predicted octanol–water partition coefficient (Wildman–Crippen LogP) is 3.33. The lowest BCUT2D eigenvalue weighted by atomic mass is 9.77. The molecule has 7 heteroatoms. The molecule has 0 spiro atoms. The van der Waals surface area contributed by atoms with Crippen molar-refractivity contribution in [1.82, 2.24) is 4.90 Å². The summed E-state index contributed by atoms with van der Waals surface area (Å²) in [7, 11) is 0. The molecule has 0 fully saturated rings. The van der Waals surface area contributed by atoms with Crippen LogP contribution in [0, 0.1) is 0 Å². The summed E-state index contributed by atoms with van der Waals surface area (Å²) in [6.45, 7) is 0.569. The van der Waals surface area contributed by atoms with E-state index in [1.807, 2.05) is 0 Å². The molecule has 104 valence electrons. The SMILES string of the molecule is CC(C)(C)OC(=O)N1CCC=C([B-](F)(F)F)CC1. The first-order valence-electron chi connectivity index (χ1n) is 5.96. The molecule has 0 radical (unpaired) electrons. The van der Waals surface area contributed by atoms with Crippen molar-refractivity contribution in [1.29, 1.82) is 0 Å². The highest BCUT2D eigenvalue weighted by molar-refractivity contribution is 6.66. The van der Waals surface area contributed by atoms with E-state index in [1.165, 1.54) is 11.0 Å². The van der Waals surface area contributed by atoms with Gasteiger partial charge in [-0.3, -0.25) is 0 Å². The number of carbonyl (C=O) groups excluding carboxylic acids is 1. The quantitative estimate of drug-likeness (QED) is 0.680. The zero-order valence-electron chi connectivity index (χ0n) is 10.9. The van der Waals surface area contributed by atoms with E-state index in [4.69, 9.17) is 4.74 Å². The smallest absolute Gasteiger partial charge is 0.445 e. The number of carbonyl (C=O) groups is 1. The maximum absolute atomic E-state index is 12.6. The summed E-state index contributed by atoms with van der Waals surface area (Å²) in [6.07, 6.45) is 0.704. The number of rotatable bonds is 1. The Kier molecular flexibility index (Phi) is 4.34. The Morgan fingerprint density at radius 2 is 1.94 bits per heavy atom.